The molecule has 0 heterocycles. The fourth-order valence-electron chi connectivity index (χ4n) is 1.52. The molecule has 2 aromatic rings. The van der Waals surface area contributed by atoms with Crippen LogP contribution in [0.15, 0.2) is 48.5 Å². The summed E-state index contributed by atoms with van der Waals surface area (Å²) in [6.45, 7) is 0. The van der Waals surface area contributed by atoms with Crippen LogP contribution in [0.4, 0.5) is 0 Å². The summed E-state index contributed by atoms with van der Waals surface area (Å²) < 4.78 is 2.52. The predicted octanol–water partition coefficient (Wildman–Crippen LogP) is 0.865. The Morgan fingerprint density at radius 1 is 0.733 bits per heavy atom. The van der Waals surface area contributed by atoms with Gasteiger partial charge in [-0.15, -0.1) is 0 Å². The minimum absolute atomic E-state index is 1.01. The number of hydrogen-bond acceptors (Lipinski definition) is 0. The van der Waals surface area contributed by atoms with Crippen molar-refractivity contribution in [2.45, 2.75) is 6.42 Å². The van der Waals surface area contributed by atoms with Crippen LogP contribution in [0.3, 0.4) is 0 Å². The van der Waals surface area contributed by atoms with Crippen LogP contribution in [-0.2, 0) is 6.42 Å². The van der Waals surface area contributed by atoms with Crippen LogP contribution in [0.1, 0.15) is 11.1 Å². The first-order valence-electron chi connectivity index (χ1n) is 4.80. The van der Waals surface area contributed by atoms with Gasteiger partial charge in [0.05, 0.1) is 0 Å². The van der Waals surface area contributed by atoms with E-state index < -0.39 is 0 Å². The number of benzene rings is 2. The molecule has 0 saturated carbocycles. The first kappa shape index (κ1) is 11.1. The molecule has 0 amide bonds. The van der Waals surface area contributed by atoms with Crippen molar-refractivity contribution >= 4 is 42.4 Å². The molecular weight excluding hydrogens is 306 g/mol. The zero-order valence-electron chi connectivity index (χ0n) is 8.22. The summed E-state index contributed by atoms with van der Waals surface area (Å²) in [4.78, 5) is 0. The van der Waals surface area contributed by atoms with Gasteiger partial charge in [-0.3, -0.25) is 0 Å². The summed E-state index contributed by atoms with van der Waals surface area (Å²) in [6.07, 6.45) is 1.01. The Morgan fingerprint density at radius 3 is 2.13 bits per heavy atom. The number of rotatable bonds is 2. The van der Waals surface area contributed by atoms with E-state index in [2.05, 4.69) is 82.2 Å². The van der Waals surface area contributed by atoms with Crippen molar-refractivity contribution in [3.63, 3.8) is 0 Å². The van der Waals surface area contributed by atoms with Gasteiger partial charge >= 0.3 is 108 Å². The van der Waals surface area contributed by atoms with Crippen LogP contribution in [0.25, 0.3) is 0 Å². The van der Waals surface area contributed by atoms with E-state index in [1.54, 1.807) is 0 Å². The molecular formula is C13H10As2. The second-order valence-corrected chi connectivity index (χ2v) is 5.68. The Morgan fingerprint density at radius 2 is 1.47 bits per heavy atom. The SMILES string of the molecule is [As]c1ccc(Cc2cccc([As])c2)cc1. The van der Waals surface area contributed by atoms with Crippen LogP contribution < -0.4 is 8.70 Å². The molecule has 72 valence electrons. The van der Waals surface area contributed by atoms with E-state index in [0.717, 1.165) is 6.42 Å². The second kappa shape index (κ2) is 5.06. The molecule has 0 aromatic heterocycles. The average molecular weight is 316 g/mol. The van der Waals surface area contributed by atoms with Crippen molar-refractivity contribution in [2.75, 3.05) is 0 Å². The van der Waals surface area contributed by atoms with Gasteiger partial charge in [-0.25, -0.2) is 0 Å². The zero-order valence-corrected chi connectivity index (χ0v) is 12.0. The van der Waals surface area contributed by atoms with Gasteiger partial charge in [-0.2, -0.15) is 0 Å². The second-order valence-electron chi connectivity index (χ2n) is 3.51. The Balaban J connectivity index is 2.18. The van der Waals surface area contributed by atoms with E-state index in [4.69, 9.17) is 0 Å². The van der Waals surface area contributed by atoms with Crippen molar-refractivity contribution < 1.29 is 0 Å². The topological polar surface area (TPSA) is 0 Å². The van der Waals surface area contributed by atoms with E-state index in [-0.39, 0.29) is 0 Å². The van der Waals surface area contributed by atoms with E-state index >= 15 is 0 Å². The summed E-state index contributed by atoms with van der Waals surface area (Å²) in [5, 5.41) is 0. The van der Waals surface area contributed by atoms with Crippen LogP contribution in [0, 0.1) is 0 Å². The van der Waals surface area contributed by atoms with Crippen molar-refractivity contribution in [1.82, 2.24) is 0 Å². The molecule has 0 atom stereocenters. The zero-order chi connectivity index (χ0) is 10.7. The third-order valence-electron chi connectivity index (χ3n) is 2.26. The number of hydrogen-bond donors (Lipinski definition) is 0. The molecule has 2 aromatic carbocycles. The molecule has 0 aliphatic carbocycles. The molecule has 2 heteroatoms. The van der Waals surface area contributed by atoms with Gasteiger partial charge in [-0.1, -0.05) is 0 Å². The molecule has 0 aliphatic heterocycles. The van der Waals surface area contributed by atoms with Crippen LogP contribution in [0.5, 0.6) is 0 Å². The van der Waals surface area contributed by atoms with Gasteiger partial charge < -0.3 is 0 Å². The molecule has 0 spiro atoms. The summed E-state index contributed by atoms with van der Waals surface area (Å²) in [7, 11) is 0. The Kier molecular flexibility index (Phi) is 3.73. The molecule has 0 fully saturated rings. The van der Waals surface area contributed by atoms with Crippen LogP contribution >= 0.6 is 0 Å². The third kappa shape index (κ3) is 3.26. The minimum atomic E-state index is 1.01. The van der Waals surface area contributed by atoms with Crippen molar-refractivity contribution in [1.29, 1.82) is 0 Å². The fraction of sp³-hybridized carbons (Fsp3) is 0.0769. The first-order chi connectivity index (χ1) is 7.24. The van der Waals surface area contributed by atoms with Gasteiger partial charge in [0.1, 0.15) is 0 Å². The molecule has 2 rings (SSSR count). The maximum absolute atomic E-state index is 2.58. The summed E-state index contributed by atoms with van der Waals surface area (Å²) in [5.74, 6) is 0. The van der Waals surface area contributed by atoms with Crippen molar-refractivity contribution in [3.8, 4) is 0 Å². The standard InChI is InChI=1S/C13H10As2/c14-12-6-4-10(5-7-12)8-11-2-1-3-13(15)9-11/h1-7,9H,8H2. The summed E-state index contributed by atoms with van der Waals surface area (Å²) in [5.41, 5.74) is 2.73. The van der Waals surface area contributed by atoms with E-state index in [0.29, 0.717) is 0 Å². The first-order valence-corrected chi connectivity index (χ1v) is 6.67. The van der Waals surface area contributed by atoms with Gasteiger partial charge in [0.2, 0.25) is 0 Å². The molecule has 0 saturated heterocycles. The molecule has 4 radical (unpaired) electrons. The van der Waals surface area contributed by atoms with E-state index in [1.807, 2.05) is 0 Å². The van der Waals surface area contributed by atoms with Crippen LogP contribution in [-0.4, -0.2) is 33.7 Å². The summed E-state index contributed by atoms with van der Waals surface area (Å²) in [6, 6.07) is 17.3. The molecule has 0 nitrogen and oxygen atoms in total. The molecule has 0 bridgehead atoms. The quantitative estimate of drug-likeness (QED) is 0.721. The fourth-order valence-corrected chi connectivity index (χ4v) is 2.36. The third-order valence-corrected chi connectivity index (χ3v) is 3.46. The monoisotopic (exact) mass is 316 g/mol. The Bertz CT molecular complexity index is 446. The van der Waals surface area contributed by atoms with Crippen molar-refractivity contribution in [2.24, 2.45) is 0 Å². The maximum atomic E-state index is 2.58. The average Bonchev–Trinajstić information content (AvgIpc) is 2.22. The van der Waals surface area contributed by atoms with E-state index in [1.165, 1.54) is 19.8 Å². The van der Waals surface area contributed by atoms with Gasteiger partial charge in [-0.05, 0) is 0 Å². The Labute approximate surface area is 108 Å². The van der Waals surface area contributed by atoms with Gasteiger partial charge in [0.25, 0.3) is 0 Å². The molecule has 0 aliphatic rings. The van der Waals surface area contributed by atoms with Gasteiger partial charge in [0, 0.05) is 0 Å². The normalized spacial score (nSPS) is 10.3. The molecule has 0 unspecified atom stereocenters. The Hall–Kier alpha value is -0.443. The van der Waals surface area contributed by atoms with Crippen LogP contribution in [0.2, 0.25) is 0 Å². The molecule has 0 N–H and O–H groups in total. The summed E-state index contributed by atoms with van der Waals surface area (Å²) >= 11 is 5.14. The van der Waals surface area contributed by atoms with E-state index in [9.17, 15) is 0 Å². The van der Waals surface area contributed by atoms with Gasteiger partial charge in [0.15, 0.2) is 0 Å². The van der Waals surface area contributed by atoms with Crippen molar-refractivity contribution in [3.05, 3.63) is 59.7 Å². The molecule has 15 heavy (non-hydrogen) atoms. The predicted molar refractivity (Wildman–Crippen MR) is 66.5 cm³/mol.